The first-order valence-electron chi connectivity index (χ1n) is 3.14. The molecule has 1 rings (SSSR count). The highest BCUT2D eigenvalue weighted by Crippen LogP contribution is 2.25. The van der Waals surface area contributed by atoms with Crippen LogP contribution in [-0.4, -0.2) is 6.26 Å². The summed E-state index contributed by atoms with van der Waals surface area (Å²) in [5, 5.41) is 0.770. The van der Waals surface area contributed by atoms with Gasteiger partial charge >= 0.3 is 0 Å². The number of rotatable bonds is 2. The lowest BCUT2D eigenvalue weighted by atomic mass is 10.2. The molecule has 0 saturated carbocycles. The maximum Gasteiger partial charge on any atom is 0.0547 e. The van der Waals surface area contributed by atoms with Crippen molar-refractivity contribution >= 4 is 23.4 Å². The van der Waals surface area contributed by atoms with Crippen LogP contribution < -0.4 is 0 Å². The SMILES string of the molecule is C=[C]c1ccc(SC)c(Cl)c1. The minimum absolute atomic E-state index is 0.770. The van der Waals surface area contributed by atoms with Crippen LogP contribution in [0.2, 0.25) is 5.02 Å². The number of thioether (sulfide) groups is 1. The molecule has 11 heavy (non-hydrogen) atoms. The minimum atomic E-state index is 0.770. The number of benzene rings is 1. The molecule has 1 radical (unpaired) electrons. The predicted molar refractivity (Wildman–Crippen MR) is 51.2 cm³/mol. The first-order chi connectivity index (χ1) is 5.27. The van der Waals surface area contributed by atoms with Gasteiger partial charge in [-0.3, -0.25) is 0 Å². The van der Waals surface area contributed by atoms with Crippen molar-refractivity contribution in [2.24, 2.45) is 0 Å². The van der Waals surface area contributed by atoms with Crippen molar-refractivity contribution < 1.29 is 0 Å². The van der Waals surface area contributed by atoms with Gasteiger partial charge in [0.05, 0.1) is 5.02 Å². The summed E-state index contributed by atoms with van der Waals surface area (Å²) < 4.78 is 0. The van der Waals surface area contributed by atoms with Crippen LogP contribution in [0.3, 0.4) is 0 Å². The van der Waals surface area contributed by atoms with E-state index in [0.717, 1.165) is 15.5 Å². The fraction of sp³-hybridized carbons (Fsp3) is 0.111. The van der Waals surface area contributed by atoms with E-state index in [9.17, 15) is 0 Å². The van der Waals surface area contributed by atoms with Gasteiger partial charge in [-0.25, -0.2) is 0 Å². The zero-order valence-electron chi connectivity index (χ0n) is 6.23. The highest BCUT2D eigenvalue weighted by atomic mass is 35.5. The van der Waals surface area contributed by atoms with E-state index in [-0.39, 0.29) is 0 Å². The average Bonchev–Trinajstić information content (AvgIpc) is 2.04. The Kier molecular flexibility index (Phi) is 3.03. The molecule has 0 aromatic heterocycles. The van der Waals surface area contributed by atoms with Gasteiger partial charge in [-0.05, 0) is 30.0 Å². The molecule has 0 heterocycles. The standard InChI is InChI=1S/C9H8ClS/c1-3-7-4-5-9(11-2)8(10)6-7/h4-6H,1H2,2H3. The molecule has 0 bridgehead atoms. The summed E-state index contributed by atoms with van der Waals surface area (Å²) in [6, 6.07) is 5.78. The third kappa shape index (κ3) is 2.01. The molecule has 0 nitrogen and oxygen atoms in total. The zero-order chi connectivity index (χ0) is 8.27. The lowest BCUT2D eigenvalue weighted by Crippen LogP contribution is -1.76. The highest BCUT2D eigenvalue weighted by molar-refractivity contribution is 7.98. The molecular weight excluding hydrogens is 176 g/mol. The molecule has 0 aliphatic carbocycles. The number of hydrogen-bond donors (Lipinski definition) is 0. The second kappa shape index (κ2) is 3.84. The molecule has 0 saturated heterocycles. The van der Waals surface area contributed by atoms with Crippen LogP contribution in [0.25, 0.3) is 0 Å². The summed E-state index contributed by atoms with van der Waals surface area (Å²) in [6.07, 6.45) is 4.77. The number of halogens is 1. The van der Waals surface area contributed by atoms with Crippen molar-refractivity contribution in [3.05, 3.63) is 41.4 Å². The Morgan fingerprint density at radius 3 is 2.73 bits per heavy atom. The summed E-state index contributed by atoms with van der Waals surface area (Å²) in [6.45, 7) is 3.54. The molecule has 1 aromatic rings. The monoisotopic (exact) mass is 183 g/mol. The molecule has 0 N–H and O–H groups in total. The van der Waals surface area contributed by atoms with Crippen LogP contribution in [0.15, 0.2) is 29.7 Å². The Morgan fingerprint density at radius 1 is 1.55 bits per heavy atom. The smallest absolute Gasteiger partial charge is 0.0547 e. The summed E-state index contributed by atoms with van der Waals surface area (Å²) in [5.74, 6) is 0. The molecule has 0 spiro atoms. The van der Waals surface area contributed by atoms with E-state index in [4.69, 9.17) is 11.6 Å². The Hall–Kier alpha value is -0.400. The van der Waals surface area contributed by atoms with E-state index in [2.05, 4.69) is 12.7 Å². The third-order valence-electron chi connectivity index (χ3n) is 1.36. The third-order valence-corrected chi connectivity index (χ3v) is 2.58. The van der Waals surface area contributed by atoms with Crippen LogP contribution in [0.4, 0.5) is 0 Å². The molecule has 57 valence electrons. The van der Waals surface area contributed by atoms with E-state index in [1.807, 2.05) is 24.5 Å². The first-order valence-corrected chi connectivity index (χ1v) is 4.75. The van der Waals surface area contributed by atoms with Gasteiger partial charge in [0.25, 0.3) is 0 Å². The Morgan fingerprint density at radius 2 is 2.27 bits per heavy atom. The number of hydrogen-bond acceptors (Lipinski definition) is 1. The molecule has 0 aliphatic heterocycles. The fourth-order valence-electron chi connectivity index (χ4n) is 0.776. The van der Waals surface area contributed by atoms with Gasteiger partial charge in [-0.15, -0.1) is 11.8 Å². The van der Waals surface area contributed by atoms with Gasteiger partial charge in [0.1, 0.15) is 0 Å². The Bertz CT molecular complexity index is 268. The van der Waals surface area contributed by atoms with Gasteiger partial charge in [0.15, 0.2) is 0 Å². The molecule has 0 fully saturated rings. The summed E-state index contributed by atoms with van der Waals surface area (Å²) in [7, 11) is 0. The molecule has 2 heteroatoms. The van der Waals surface area contributed by atoms with Gasteiger partial charge in [-0.2, -0.15) is 0 Å². The van der Waals surface area contributed by atoms with E-state index < -0.39 is 0 Å². The fourth-order valence-corrected chi connectivity index (χ4v) is 1.65. The maximum atomic E-state index is 5.92. The lowest BCUT2D eigenvalue weighted by Gasteiger charge is -1.99. The zero-order valence-corrected chi connectivity index (χ0v) is 7.80. The van der Waals surface area contributed by atoms with Crippen LogP contribution >= 0.6 is 23.4 Å². The van der Waals surface area contributed by atoms with E-state index in [0.29, 0.717) is 0 Å². The van der Waals surface area contributed by atoms with Crippen LogP contribution in [0.5, 0.6) is 0 Å². The Balaban J connectivity index is 3.09. The van der Waals surface area contributed by atoms with Gasteiger partial charge < -0.3 is 0 Å². The lowest BCUT2D eigenvalue weighted by molar-refractivity contribution is 1.43. The summed E-state index contributed by atoms with van der Waals surface area (Å²) in [4.78, 5) is 1.09. The largest absolute Gasteiger partial charge is 0.128 e. The summed E-state index contributed by atoms with van der Waals surface area (Å²) >= 11 is 7.55. The topological polar surface area (TPSA) is 0 Å². The van der Waals surface area contributed by atoms with E-state index >= 15 is 0 Å². The second-order valence-corrected chi connectivity index (χ2v) is 3.28. The quantitative estimate of drug-likeness (QED) is 0.634. The molecule has 1 aromatic carbocycles. The van der Waals surface area contributed by atoms with Crippen LogP contribution in [0.1, 0.15) is 5.56 Å². The maximum absolute atomic E-state index is 5.92. The van der Waals surface area contributed by atoms with Crippen molar-refractivity contribution in [2.45, 2.75) is 4.90 Å². The molecule has 0 aliphatic rings. The van der Waals surface area contributed by atoms with Crippen LogP contribution in [-0.2, 0) is 0 Å². The molecule has 0 unspecified atom stereocenters. The van der Waals surface area contributed by atoms with Crippen molar-refractivity contribution in [3.8, 4) is 0 Å². The van der Waals surface area contributed by atoms with Crippen molar-refractivity contribution in [2.75, 3.05) is 6.26 Å². The minimum Gasteiger partial charge on any atom is -0.128 e. The van der Waals surface area contributed by atoms with Gasteiger partial charge in [0.2, 0.25) is 0 Å². The molecular formula is C9H8ClS. The summed E-state index contributed by atoms with van der Waals surface area (Å²) in [5.41, 5.74) is 0.938. The second-order valence-electron chi connectivity index (χ2n) is 2.03. The predicted octanol–water partition coefficient (Wildman–Crippen LogP) is 3.40. The Labute approximate surface area is 76.3 Å². The molecule has 0 amide bonds. The highest BCUT2D eigenvalue weighted by Gasteiger charge is 1.97. The van der Waals surface area contributed by atoms with Gasteiger partial charge in [-0.1, -0.05) is 24.2 Å². The normalized spacial score (nSPS) is 9.64. The van der Waals surface area contributed by atoms with Crippen molar-refractivity contribution in [1.82, 2.24) is 0 Å². The van der Waals surface area contributed by atoms with E-state index in [1.165, 1.54) is 0 Å². The molecule has 0 atom stereocenters. The van der Waals surface area contributed by atoms with Gasteiger partial charge in [0, 0.05) is 4.90 Å². The van der Waals surface area contributed by atoms with Crippen molar-refractivity contribution in [1.29, 1.82) is 0 Å². The van der Waals surface area contributed by atoms with Crippen LogP contribution in [0, 0.1) is 6.08 Å². The van der Waals surface area contributed by atoms with E-state index in [1.54, 1.807) is 11.8 Å². The van der Waals surface area contributed by atoms with Crippen molar-refractivity contribution in [3.63, 3.8) is 0 Å². The average molecular weight is 184 g/mol. The first kappa shape index (κ1) is 8.69.